The second kappa shape index (κ2) is 9.69. The van der Waals surface area contributed by atoms with Crippen LogP contribution in [0.3, 0.4) is 0 Å². The van der Waals surface area contributed by atoms with Gasteiger partial charge in [0.15, 0.2) is 6.10 Å². The summed E-state index contributed by atoms with van der Waals surface area (Å²) in [6, 6.07) is 13.9. The lowest BCUT2D eigenvalue weighted by molar-refractivity contribution is -0.123. The number of hydrogen-bond donors (Lipinski definition) is 2. The van der Waals surface area contributed by atoms with Crippen molar-refractivity contribution < 1.29 is 19.1 Å². The second-order valence-electron chi connectivity index (χ2n) is 7.09. The third-order valence-corrected chi connectivity index (χ3v) is 3.96. The van der Waals surface area contributed by atoms with E-state index in [9.17, 15) is 14.4 Å². The Morgan fingerprint density at radius 2 is 1.39 bits per heavy atom. The zero-order chi connectivity index (χ0) is 20.7. The summed E-state index contributed by atoms with van der Waals surface area (Å²) in [6.07, 6.45) is -0.00708. The smallest absolute Gasteiger partial charge is 0.338 e. The molecule has 0 bridgehead atoms. The van der Waals surface area contributed by atoms with Gasteiger partial charge in [-0.3, -0.25) is 9.59 Å². The highest BCUT2D eigenvalue weighted by Crippen LogP contribution is 2.15. The van der Waals surface area contributed by atoms with E-state index in [2.05, 4.69) is 24.5 Å². The molecule has 0 aliphatic heterocycles. The van der Waals surface area contributed by atoms with Gasteiger partial charge in [-0.1, -0.05) is 26.0 Å². The molecular formula is C22H26N2O4. The van der Waals surface area contributed by atoms with E-state index in [1.54, 1.807) is 36.4 Å². The quantitative estimate of drug-likeness (QED) is 0.708. The van der Waals surface area contributed by atoms with Crippen LogP contribution in [-0.2, 0) is 20.7 Å². The van der Waals surface area contributed by atoms with Crippen LogP contribution in [0.1, 0.15) is 43.6 Å². The highest BCUT2D eigenvalue weighted by molar-refractivity contribution is 5.97. The largest absolute Gasteiger partial charge is 0.449 e. The predicted molar refractivity (Wildman–Crippen MR) is 109 cm³/mol. The summed E-state index contributed by atoms with van der Waals surface area (Å²) in [5, 5.41) is 5.33. The van der Waals surface area contributed by atoms with Crippen LogP contribution in [0, 0.1) is 5.92 Å². The third-order valence-electron chi connectivity index (χ3n) is 3.96. The Morgan fingerprint density at radius 1 is 0.857 bits per heavy atom. The Kier molecular flexibility index (Phi) is 7.32. The Bertz CT molecular complexity index is 827. The zero-order valence-electron chi connectivity index (χ0n) is 16.6. The molecule has 0 fully saturated rings. The first-order chi connectivity index (χ1) is 13.2. The van der Waals surface area contributed by atoms with Crippen molar-refractivity contribution in [3.8, 4) is 0 Å². The second-order valence-corrected chi connectivity index (χ2v) is 7.09. The Balaban J connectivity index is 1.90. The molecule has 2 N–H and O–H groups in total. The van der Waals surface area contributed by atoms with E-state index in [0.29, 0.717) is 22.9 Å². The number of hydrogen-bond acceptors (Lipinski definition) is 4. The maximum atomic E-state index is 12.3. The summed E-state index contributed by atoms with van der Waals surface area (Å²) in [6.45, 7) is 7.21. The monoisotopic (exact) mass is 382 g/mol. The van der Waals surface area contributed by atoms with Gasteiger partial charge in [0.2, 0.25) is 5.91 Å². The van der Waals surface area contributed by atoms with Crippen molar-refractivity contribution in [2.45, 2.75) is 40.2 Å². The van der Waals surface area contributed by atoms with Gasteiger partial charge in [-0.05, 0) is 61.2 Å². The summed E-state index contributed by atoms with van der Waals surface area (Å²) in [4.78, 5) is 35.5. The van der Waals surface area contributed by atoms with Crippen molar-refractivity contribution in [1.29, 1.82) is 0 Å². The maximum Gasteiger partial charge on any atom is 0.338 e. The van der Waals surface area contributed by atoms with Gasteiger partial charge >= 0.3 is 5.97 Å². The summed E-state index contributed by atoms with van der Waals surface area (Å²) < 4.78 is 5.26. The van der Waals surface area contributed by atoms with E-state index in [1.807, 2.05) is 12.1 Å². The minimum Gasteiger partial charge on any atom is -0.449 e. The van der Waals surface area contributed by atoms with Crippen LogP contribution in [0.2, 0.25) is 0 Å². The lowest BCUT2D eigenvalue weighted by atomic mass is 10.0. The molecule has 2 aromatic carbocycles. The van der Waals surface area contributed by atoms with Crippen LogP contribution in [0.4, 0.5) is 11.4 Å². The molecule has 148 valence electrons. The van der Waals surface area contributed by atoms with Gasteiger partial charge in [-0.2, -0.15) is 0 Å². The van der Waals surface area contributed by atoms with E-state index in [4.69, 9.17) is 4.74 Å². The molecule has 2 amide bonds. The van der Waals surface area contributed by atoms with Gasteiger partial charge < -0.3 is 15.4 Å². The van der Waals surface area contributed by atoms with Crippen LogP contribution in [0.15, 0.2) is 48.5 Å². The maximum absolute atomic E-state index is 12.3. The summed E-state index contributed by atoms with van der Waals surface area (Å²) >= 11 is 0. The van der Waals surface area contributed by atoms with Crippen LogP contribution in [-0.4, -0.2) is 23.9 Å². The van der Waals surface area contributed by atoms with Crippen molar-refractivity contribution in [2.24, 2.45) is 5.92 Å². The van der Waals surface area contributed by atoms with E-state index in [1.165, 1.54) is 13.8 Å². The topological polar surface area (TPSA) is 84.5 Å². The predicted octanol–water partition coefficient (Wildman–Crippen LogP) is 4.03. The molecule has 2 aromatic rings. The van der Waals surface area contributed by atoms with Crippen LogP contribution >= 0.6 is 0 Å². The molecule has 0 aliphatic carbocycles. The van der Waals surface area contributed by atoms with E-state index >= 15 is 0 Å². The average Bonchev–Trinajstić information content (AvgIpc) is 2.63. The standard InChI is InChI=1S/C22H26N2O4/c1-14(2)13-17-5-7-18(8-6-17)22(27)28-15(3)21(26)24-20-11-9-19(10-12-20)23-16(4)25/h5-12,14-15H,13H2,1-4H3,(H,23,25)(H,24,26)/t15-/m1/s1. The fraction of sp³-hybridized carbons (Fsp3) is 0.318. The van der Waals surface area contributed by atoms with Gasteiger partial charge in [0.1, 0.15) is 0 Å². The molecule has 28 heavy (non-hydrogen) atoms. The molecule has 2 rings (SSSR count). The average molecular weight is 382 g/mol. The molecule has 1 atom stereocenters. The summed E-state index contributed by atoms with van der Waals surface area (Å²) in [5.41, 5.74) is 2.73. The number of amides is 2. The minimum atomic E-state index is -0.946. The fourth-order valence-electron chi connectivity index (χ4n) is 2.61. The zero-order valence-corrected chi connectivity index (χ0v) is 16.6. The molecule has 0 radical (unpaired) electrons. The summed E-state index contributed by atoms with van der Waals surface area (Å²) in [5.74, 6) is -0.611. The molecule has 6 heteroatoms. The third kappa shape index (κ3) is 6.54. The van der Waals surface area contributed by atoms with Gasteiger partial charge in [-0.25, -0.2) is 4.79 Å². The number of anilines is 2. The first-order valence-corrected chi connectivity index (χ1v) is 9.23. The Hall–Kier alpha value is -3.15. The number of benzene rings is 2. The number of carbonyl (C=O) groups is 3. The Labute approximate surface area is 165 Å². The molecule has 0 spiro atoms. The van der Waals surface area contributed by atoms with Crippen LogP contribution < -0.4 is 10.6 Å². The lowest BCUT2D eigenvalue weighted by Crippen LogP contribution is -2.30. The number of esters is 1. The molecule has 0 unspecified atom stereocenters. The van der Waals surface area contributed by atoms with Crippen molar-refractivity contribution in [3.05, 3.63) is 59.7 Å². The molecule has 0 saturated heterocycles. The van der Waals surface area contributed by atoms with Gasteiger partial charge in [0.25, 0.3) is 5.91 Å². The minimum absolute atomic E-state index is 0.172. The van der Waals surface area contributed by atoms with Crippen molar-refractivity contribution >= 4 is 29.2 Å². The van der Waals surface area contributed by atoms with E-state index < -0.39 is 18.0 Å². The first kappa shape index (κ1) is 21.2. The summed E-state index contributed by atoms with van der Waals surface area (Å²) in [7, 11) is 0. The number of ether oxygens (including phenoxy) is 1. The molecule has 6 nitrogen and oxygen atoms in total. The molecular weight excluding hydrogens is 356 g/mol. The SMILES string of the molecule is CC(=O)Nc1ccc(NC(=O)[C@@H](C)OC(=O)c2ccc(CC(C)C)cc2)cc1. The van der Waals surface area contributed by atoms with Gasteiger partial charge in [0, 0.05) is 18.3 Å². The fourth-order valence-corrected chi connectivity index (χ4v) is 2.61. The van der Waals surface area contributed by atoms with Gasteiger partial charge in [0.05, 0.1) is 5.56 Å². The molecule has 0 saturated carbocycles. The van der Waals surface area contributed by atoms with E-state index in [0.717, 1.165) is 12.0 Å². The highest BCUT2D eigenvalue weighted by Gasteiger charge is 2.19. The normalized spacial score (nSPS) is 11.6. The molecule has 0 aromatic heterocycles. The number of rotatable bonds is 7. The Morgan fingerprint density at radius 3 is 1.89 bits per heavy atom. The van der Waals surface area contributed by atoms with Crippen molar-refractivity contribution in [2.75, 3.05) is 10.6 Å². The molecule has 0 aliphatic rings. The van der Waals surface area contributed by atoms with Crippen LogP contribution in [0.25, 0.3) is 0 Å². The van der Waals surface area contributed by atoms with Crippen molar-refractivity contribution in [1.82, 2.24) is 0 Å². The number of carbonyl (C=O) groups excluding carboxylic acids is 3. The van der Waals surface area contributed by atoms with Crippen LogP contribution in [0.5, 0.6) is 0 Å². The molecule has 0 heterocycles. The highest BCUT2D eigenvalue weighted by atomic mass is 16.5. The van der Waals surface area contributed by atoms with Gasteiger partial charge in [-0.15, -0.1) is 0 Å². The van der Waals surface area contributed by atoms with Crippen molar-refractivity contribution in [3.63, 3.8) is 0 Å². The lowest BCUT2D eigenvalue weighted by Gasteiger charge is -2.14. The first-order valence-electron chi connectivity index (χ1n) is 9.23. The van der Waals surface area contributed by atoms with E-state index in [-0.39, 0.29) is 5.91 Å². The number of nitrogens with one attached hydrogen (secondary N) is 2.